The van der Waals surface area contributed by atoms with E-state index in [1.807, 2.05) is 0 Å². The maximum atomic E-state index is 2.60. The first-order valence-corrected chi connectivity index (χ1v) is 8.75. The molecule has 0 heteroatoms. The van der Waals surface area contributed by atoms with Gasteiger partial charge in [0.2, 0.25) is 0 Å². The van der Waals surface area contributed by atoms with Crippen LogP contribution in [0.2, 0.25) is 0 Å². The van der Waals surface area contributed by atoms with Crippen LogP contribution in [0.4, 0.5) is 0 Å². The van der Waals surface area contributed by atoms with Crippen molar-refractivity contribution < 1.29 is 0 Å². The van der Waals surface area contributed by atoms with Crippen molar-refractivity contribution in [2.75, 3.05) is 0 Å². The third kappa shape index (κ3) is 2.49. The molecule has 0 aliphatic heterocycles. The Bertz CT molecular complexity index is 269. The summed E-state index contributed by atoms with van der Waals surface area (Å²) in [4.78, 5) is 0. The minimum absolute atomic E-state index is 1.01. The first kappa shape index (κ1) is 13.0. The van der Waals surface area contributed by atoms with Crippen LogP contribution in [0.3, 0.4) is 0 Å². The van der Waals surface area contributed by atoms with Gasteiger partial charge in [-0.2, -0.15) is 0 Å². The van der Waals surface area contributed by atoms with Crippen LogP contribution in [0.25, 0.3) is 0 Å². The summed E-state index contributed by atoms with van der Waals surface area (Å²) in [5, 5.41) is 0. The number of rotatable bonds is 2. The van der Waals surface area contributed by atoms with Crippen LogP contribution in [0.15, 0.2) is 0 Å². The minimum atomic E-state index is 1.01. The van der Waals surface area contributed by atoms with Gasteiger partial charge < -0.3 is 0 Å². The average Bonchev–Trinajstić information content (AvgIpc) is 2.85. The third-order valence-electron chi connectivity index (χ3n) is 6.93. The molecule has 0 N–H and O–H groups in total. The van der Waals surface area contributed by atoms with Gasteiger partial charge in [-0.1, -0.05) is 52.4 Å². The molecule has 0 saturated heterocycles. The first-order chi connectivity index (χ1) is 8.75. The average molecular weight is 248 g/mol. The zero-order chi connectivity index (χ0) is 12.5. The lowest BCUT2D eigenvalue weighted by Crippen LogP contribution is -2.32. The molecule has 3 aliphatic rings. The van der Waals surface area contributed by atoms with Crippen LogP contribution in [-0.4, -0.2) is 0 Å². The number of hydrogen-bond acceptors (Lipinski definition) is 0. The summed E-state index contributed by atoms with van der Waals surface area (Å²) in [5.74, 6) is 6.43. The molecule has 0 heterocycles. The van der Waals surface area contributed by atoms with Gasteiger partial charge in [0.15, 0.2) is 0 Å². The lowest BCUT2D eigenvalue weighted by atomic mass is 9.64. The summed E-state index contributed by atoms with van der Waals surface area (Å²) in [6.07, 6.45) is 15.4. The van der Waals surface area contributed by atoms with Crippen molar-refractivity contribution in [2.45, 2.75) is 78.1 Å². The summed E-state index contributed by atoms with van der Waals surface area (Å²) in [6, 6.07) is 0. The highest BCUT2D eigenvalue weighted by Crippen LogP contribution is 2.49. The van der Waals surface area contributed by atoms with E-state index in [9.17, 15) is 0 Å². The Labute approximate surface area is 114 Å². The molecular weight excluding hydrogens is 216 g/mol. The fourth-order valence-electron chi connectivity index (χ4n) is 5.69. The van der Waals surface area contributed by atoms with Gasteiger partial charge in [0.25, 0.3) is 0 Å². The number of fused-ring (bicyclic) bond motifs is 1. The molecule has 6 unspecified atom stereocenters. The van der Waals surface area contributed by atoms with Crippen molar-refractivity contribution in [1.29, 1.82) is 0 Å². The Morgan fingerprint density at radius 3 is 2.39 bits per heavy atom. The molecule has 0 bridgehead atoms. The molecule has 0 amide bonds. The van der Waals surface area contributed by atoms with Crippen LogP contribution in [0.1, 0.15) is 78.1 Å². The van der Waals surface area contributed by atoms with Crippen LogP contribution in [-0.2, 0) is 0 Å². The topological polar surface area (TPSA) is 0 Å². The standard InChI is InChI=1S/C18H32/c1-13-6-3-4-9-18(13)14(2)16-11-10-15-7-5-8-17(15)12-16/h13-18H,3-12H2,1-2H3. The van der Waals surface area contributed by atoms with Crippen molar-refractivity contribution in [3.8, 4) is 0 Å². The predicted octanol–water partition coefficient (Wildman–Crippen LogP) is 5.67. The van der Waals surface area contributed by atoms with Crippen LogP contribution in [0.5, 0.6) is 0 Å². The van der Waals surface area contributed by atoms with Crippen molar-refractivity contribution in [3.63, 3.8) is 0 Å². The van der Waals surface area contributed by atoms with E-state index in [1.165, 1.54) is 32.1 Å². The summed E-state index contributed by atoms with van der Waals surface area (Å²) < 4.78 is 0. The molecule has 0 nitrogen and oxygen atoms in total. The van der Waals surface area contributed by atoms with Crippen molar-refractivity contribution >= 4 is 0 Å². The lowest BCUT2D eigenvalue weighted by Gasteiger charge is -2.42. The molecule has 0 radical (unpaired) electrons. The first-order valence-electron chi connectivity index (χ1n) is 8.75. The largest absolute Gasteiger partial charge is 0.0622 e. The Morgan fingerprint density at radius 2 is 1.56 bits per heavy atom. The summed E-state index contributed by atoms with van der Waals surface area (Å²) in [6.45, 7) is 5.13. The predicted molar refractivity (Wildman–Crippen MR) is 78.5 cm³/mol. The highest BCUT2D eigenvalue weighted by atomic mass is 14.4. The zero-order valence-electron chi connectivity index (χ0n) is 12.5. The van der Waals surface area contributed by atoms with Gasteiger partial charge in [-0.3, -0.25) is 0 Å². The summed E-state index contributed by atoms with van der Waals surface area (Å²) >= 11 is 0. The molecule has 3 fully saturated rings. The lowest BCUT2D eigenvalue weighted by molar-refractivity contribution is 0.0847. The Balaban J connectivity index is 1.60. The molecule has 0 aromatic rings. The highest BCUT2D eigenvalue weighted by Gasteiger charge is 2.38. The van der Waals surface area contributed by atoms with Crippen LogP contribution < -0.4 is 0 Å². The number of hydrogen-bond donors (Lipinski definition) is 0. The van der Waals surface area contributed by atoms with Gasteiger partial charge in [-0.25, -0.2) is 0 Å². The smallest absolute Gasteiger partial charge is 0.0360 e. The SMILES string of the molecule is CC1CCCCC1C(C)C1CCC2CCCC2C1. The summed E-state index contributed by atoms with van der Waals surface area (Å²) in [5.41, 5.74) is 0. The van der Waals surface area contributed by atoms with Gasteiger partial charge in [0, 0.05) is 0 Å². The quantitative estimate of drug-likeness (QED) is 0.591. The highest BCUT2D eigenvalue weighted by molar-refractivity contribution is 4.89. The fraction of sp³-hybridized carbons (Fsp3) is 1.00. The molecule has 3 rings (SSSR count). The van der Waals surface area contributed by atoms with Crippen molar-refractivity contribution in [3.05, 3.63) is 0 Å². The Hall–Kier alpha value is 0. The Morgan fingerprint density at radius 1 is 0.778 bits per heavy atom. The van der Waals surface area contributed by atoms with Crippen LogP contribution >= 0.6 is 0 Å². The van der Waals surface area contributed by atoms with Gasteiger partial charge >= 0.3 is 0 Å². The van der Waals surface area contributed by atoms with Gasteiger partial charge in [0.1, 0.15) is 0 Å². The van der Waals surface area contributed by atoms with Gasteiger partial charge in [0.05, 0.1) is 0 Å². The van der Waals surface area contributed by atoms with E-state index in [4.69, 9.17) is 0 Å². The third-order valence-corrected chi connectivity index (χ3v) is 6.93. The van der Waals surface area contributed by atoms with Crippen molar-refractivity contribution in [1.82, 2.24) is 0 Å². The van der Waals surface area contributed by atoms with E-state index in [1.54, 1.807) is 32.1 Å². The van der Waals surface area contributed by atoms with Crippen molar-refractivity contribution in [2.24, 2.45) is 35.5 Å². The molecule has 0 spiro atoms. The second-order valence-electron chi connectivity index (χ2n) is 7.81. The second-order valence-corrected chi connectivity index (χ2v) is 7.81. The molecular formula is C18H32. The molecule has 104 valence electrons. The second kappa shape index (κ2) is 5.55. The maximum Gasteiger partial charge on any atom is -0.0360 e. The normalized spacial score (nSPS) is 46.7. The molecule has 18 heavy (non-hydrogen) atoms. The molecule has 3 saturated carbocycles. The molecule has 0 aromatic heterocycles. The van der Waals surface area contributed by atoms with Crippen LogP contribution in [0, 0.1) is 35.5 Å². The van der Waals surface area contributed by atoms with E-state index < -0.39 is 0 Å². The van der Waals surface area contributed by atoms with E-state index >= 15 is 0 Å². The zero-order valence-corrected chi connectivity index (χ0v) is 12.5. The molecule has 3 aliphatic carbocycles. The van der Waals surface area contributed by atoms with Gasteiger partial charge in [-0.05, 0) is 61.2 Å². The van der Waals surface area contributed by atoms with E-state index in [2.05, 4.69) is 13.8 Å². The molecule has 6 atom stereocenters. The van der Waals surface area contributed by atoms with E-state index in [0.717, 1.165) is 35.5 Å². The molecule has 0 aromatic carbocycles. The minimum Gasteiger partial charge on any atom is -0.0622 e. The maximum absolute atomic E-state index is 2.60. The summed E-state index contributed by atoms with van der Waals surface area (Å²) in [7, 11) is 0. The van der Waals surface area contributed by atoms with E-state index in [0.29, 0.717) is 0 Å². The fourth-order valence-corrected chi connectivity index (χ4v) is 5.69. The van der Waals surface area contributed by atoms with Gasteiger partial charge in [-0.15, -0.1) is 0 Å². The Kier molecular flexibility index (Phi) is 4.01. The monoisotopic (exact) mass is 248 g/mol. The van der Waals surface area contributed by atoms with E-state index in [-0.39, 0.29) is 0 Å².